The Morgan fingerprint density at radius 3 is 1.50 bits per heavy atom. The fourth-order valence-electron chi connectivity index (χ4n) is 2.93. The number of rotatable bonds is 5. The van der Waals surface area contributed by atoms with Crippen molar-refractivity contribution >= 4 is 36.0 Å². The van der Waals surface area contributed by atoms with Gasteiger partial charge in [0.1, 0.15) is 0 Å². The molecular formula is C23H21P. The molecule has 0 saturated carbocycles. The summed E-state index contributed by atoms with van der Waals surface area (Å²) in [6, 6.07) is 25.8. The van der Waals surface area contributed by atoms with E-state index in [4.69, 9.17) is 0 Å². The van der Waals surface area contributed by atoms with E-state index in [1.54, 1.807) is 0 Å². The van der Waals surface area contributed by atoms with Gasteiger partial charge in [0, 0.05) is 0 Å². The highest BCUT2D eigenvalue weighted by Crippen LogP contribution is 2.37. The van der Waals surface area contributed by atoms with Gasteiger partial charge in [-0.3, -0.25) is 0 Å². The van der Waals surface area contributed by atoms with Gasteiger partial charge in [0.05, 0.1) is 0 Å². The lowest BCUT2D eigenvalue weighted by atomic mass is 10.2. The molecule has 0 saturated heterocycles. The van der Waals surface area contributed by atoms with Crippen LogP contribution < -0.4 is 15.9 Å². The first-order valence-corrected chi connectivity index (χ1v) is 9.39. The maximum absolute atomic E-state index is 4.02. The first-order chi connectivity index (χ1) is 11.8. The van der Waals surface area contributed by atoms with Gasteiger partial charge in [-0.15, -0.1) is 0 Å². The monoisotopic (exact) mass is 328 g/mol. The smallest absolute Gasteiger partial charge is 0.00786 e. The van der Waals surface area contributed by atoms with Crippen molar-refractivity contribution in [1.29, 1.82) is 0 Å². The molecule has 0 radical (unpaired) electrons. The maximum Gasteiger partial charge on any atom is -0.00786 e. The Hall–Kier alpha value is -2.43. The van der Waals surface area contributed by atoms with E-state index in [0.717, 1.165) is 0 Å². The minimum absolute atomic E-state index is 0.663. The van der Waals surface area contributed by atoms with Crippen molar-refractivity contribution in [3.63, 3.8) is 0 Å². The van der Waals surface area contributed by atoms with Crippen molar-refractivity contribution in [1.82, 2.24) is 0 Å². The number of hydrogen-bond donors (Lipinski definition) is 0. The molecule has 24 heavy (non-hydrogen) atoms. The third-order valence-corrected chi connectivity index (χ3v) is 6.91. The lowest BCUT2D eigenvalue weighted by Crippen LogP contribution is -2.25. The van der Waals surface area contributed by atoms with Gasteiger partial charge < -0.3 is 0 Å². The van der Waals surface area contributed by atoms with Crippen LogP contribution in [0.25, 0.3) is 12.2 Å². The number of aryl methyl sites for hydroxylation is 1. The molecule has 0 aliphatic rings. The van der Waals surface area contributed by atoms with Crippen molar-refractivity contribution in [2.24, 2.45) is 0 Å². The third kappa shape index (κ3) is 3.11. The molecule has 0 N–H and O–H groups in total. The molecule has 0 fully saturated rings. The maximum atomic E-state index is 4.02. The first-order valence-electron chi connectivity index (χ1n) is 8.05. The minimum atomic E-state index is -0.663. The van der Waals surface area contributed by atoms with Crippen molar-refractivity contribution < 1.29 is 0 Å². The van der Waals surface area contributed by atoms with E-state index in [0.29, 0.717) is 0 Å². The molecule has 0 heterocycles. The average Bonchev–Trinajstić information content (AvgIpc) is 2.64. The van der Waals surface area contributed by atoms with E-state index in [1.807, 2.05) is 12.2 Å². The van der Waals surface area contributed by atoms with E-state index in [1.165, 1.54) is 32.6 Å². The standard InChI is InChI=1S/C23H21P/c1-4-19-13-7-10-16-22(19)24(21-15-9-6-12-18(21)3)23-17-11-8-14-20(23)5-2/h4-17H,1-2H2,3H3. The van der Waals surface area contributed by atoms with Crippen LogP contribution >= 0.6 is 7.92 Å². The van der Waals surface area contributed by atoms with Crippen LogP contribution in [0, 0.1) is 6.92 Å². The highest BCUT2D eigenvalue weighted by atomic mass is 31.1. The number of benzene rings is 3. The second kappa shape index (κ2) is 7.43. The molecule has 3 aromatic rings. The predicted molar refractivity (Wildman–Crippen MR) is 110 cm³/mol. The molecule has 118 valence electrons. The Kier molecular flexibility index (Phi) is 5.08. The highest BCUT2D eigenvalue weighted by molar-refractivity contribution is 7.80. The van der Waals surface area contributed by atoms with Crippen LogP contribution in [0.1, 0.15) is 16.7 Å². The Balaban J connectivity index is 2.32. The molecule has 0 spiro atoms. The summed E-state index contributed by atoms with van der Waals surface area (Å²) in [5.41, 5.74) is 3.72. The van der Waals surface area contributed by atoms with Gasteiger partial charge in [-0.2, -0.15) is 0 Å². The topological polar surface area (TPSA) is 0 Å². The van der Waals surface area contributed by atoms with Gasteiger partial charge in [0.15, 0.2) is 0 Å². The summed E-state index contributed by atoms with van der Waals surface area (Å²) in [5, 5.41) is 4.06. The zero-order valence-corrected chi connectivity index (χ0v) is 14.8. The van der Waals surface area contributed by atoms with Gasteiger partial charge in [-0.05, 0) is 47.4 Å². The predicted octanol–water partition coefficient (Wildman–Crippen LogP) is 5.04. The van der Waals surface area contributed by atoms with Crippen molar-refractivity contribution in [2.45, 2.75) is 6.92 Å². The van der Waals surface area contributed by atoms with E-state index in [-0.39, 0.29) is 0 Å². The summed E-state index contributed by atoms with van der Waals surface area (Å²) in [6.07, 6.45) is 3.92. The lowest BCUT2D eigenvalue weighted by Gasteiger charge is -2.24. The molecule has 3 aromatic carbocycles. The first kappa shape index (κ1) is 16.4. The summed E-state index contributed by atoms with van der Waals surface area (Å²) < 4.78 is 0. The zero-order chi connectivity index (χ0) is 16.9. The van der Waals surface area contributed by atoms with Crippen LogP contribution in [0.5, 0.6) is 0 Å². The molecule has 0 aromatic heterocycles. The molecule has 0 atom stereocenters. The van der Waals surface area contributed by atoms with Crippen LogP contribution in [-0.2, 0) is 0 Å². The molecule has 0 nitrogen and oxygen atoms in total. The van der Waals surface area contributed by atoms with Gasteiger partial charge >= 0.3 is 0 Å². The average molecular weight is 328 g/mol. The largest absolute Gasteiger partial charge is 0.0984 e. The second-order valence-corrected chi connectivity index (χ2v) is 7.76. The van der Waals surface area contributed by atoms with Crippen LogP contribution in [0.2, 0.25) is 0 Å². The lowest BCUT2D eigenvalue weighted by molar-refractivity contribution is 1.52. The van der Waals surface area contributed by atoms with Crippen LogP contribution in [-0.4, -0.2) is 0 Å². The van der Waals surface area contributed by atoms with Crippen LogP contribution in [0.4, 0.5) is 0 Å². The second-order valence-electron chi connectivity index (χ2n) is 5.65. The van der Waals surface area contributed by atoms with Crippen LogP contribution in [0.3, 0.4) is 0 Å². The fourth-order valence-corrected chi connectivity index (χ4v) is 5.69. The fraction of sp³-hybridized carbons (Fsp3) is 0.0435. The van der Waals surface area contributed by atoms with Crippen molar-refractivity contribution in [3.05, 3.63) is 103 Å². The Bertz CT molecular complexity index is 825. The molecule has 0 aliphatic heterocycles. The van der Waals surface area contributed by atoms with E-state index < -0.39 is 7.92 Å². The van der Waals surface area contributed by atoms with E-state index >= 15 is 0 Å². The Morgan fingerprint density at radius 1 is 0.625 bits per heavy atom. The van der Waals surface area contributed by atoms with Crippen molar-refractivity contribution in [2.75, 3.05) is 0 Å². The van der Waals surface area contributed by atoms with Crippen molar-refractivity contribution in [3.8, 4) is 0 Å². The third-order valence-electron chi connectivity index (χ3n) is 4.15. The SMILES string of the molecule is C=Cc1ccccc1P(c1ccccc1C)c1ccccc1C=C. The molecule has 0 unspecified atom stereocenters. The van der Waals surface area contributed by atoms with Crippen LogP contribution in [0.15, 0.2) is 86.0 Å². The van der Waals surface area contributed by atoms with Gasteiger partial charge in [-0.1, -0.05) is 98.1 Å². The van der Waals surface area contributed by atoms with Gasteiger partial charge in [0.2, 0.25) is 0 Å². The summed E-state index contributed by atoms with van der Waals surface area (Å²) in [6.45, 7) is 10.2. The summed E-state index contributed by atoms with van der Waals surface area (Å²) in [5.74, 6) is 0. The quantitative estimate of drug-likeness (QED) is 0.576. The molecule has 0 amide bonds. The molecule has 1 heteroatoms. The molecule has 0 aliphatic carbocycles. The Morgan fingerprint density at radius 2 is 1.04 bits per heavy atom. The summed E-state index contributed by atoms with van der Waals surface area (Å²) in [4.78, 5) is 0. The van der Waals surface area contributed by atoms with Gasteiger partial charge in [0.25, 0.3) is 0 Å². The highest BCUT2D eigenvalue weighted by Gasteiger charge is 2.21. The zero-order valence-electron chi connectivity index (χ0n) is 13.9. The molecular weight excluding hydrogens is 307 g/mol. The molecule has 0 bridgehead atoms. The minimum Gasteiger partial charge on any atom is -0.0984 e. The van der Waals surface area contributed by atoms with Gasteiger partial charge in [-0.25, -0.2) is 0 Å². The molecule has 3 rings (SSSR count). The Labute approximate surface area is 145 Å². The number of hydrogen-bond acceptors (Lipinski definition) is 0. The van der Waals surface area contributed by atoms with E-state index in [9.17, 15) is 0 Å². The normalized spacial score (nSPS) is 10.6. The van der Waals surface area contributed by atoms with E-state index in [2.05, 4.69) is 92.9 Å². The summed E-state index contributed by atoms with van der Waals surface area (Å²) in [7, 11) is -0.663. The summed E-state index contributed by atoms with van der Waals surface area (Å²) >= 11 is 0.